The summed E-state index contributed by atoms with van der Waals surface area (Å²) in [6.07, 6.45) is 7.68. The molecule has 0 amide bonds. The molecule has 1 aromatic carbocycles. The molecule has 0 radical (unpaired) electrons. The molecule has 1 unspecified atom stereocenters. The van der Waals surface area contributed by atoms with Crippen LogP contribution in [0.4, 0.5) is 0 Å². The molecule has 0 aliphatic carbocycles. The highest BCUT2D eigenvalue weighted by molar-refractivity contribution is 5.39. The normalized spacial score (nSPS) is 27.2. The average molecular weight is 238 g/mol. The summed E-state index contributed by atoms with van der Waals surface area (Å²) in [5.74, 6) is 6.35. The largest absolute Gasteiger partial charge is 0.458 e. The highest BCUT2D eigenvalue weighted by Crippen LogP contribution is 2.35. The van der Waals surface area contributed by atoms with Gasteiger partial charge in [-0.2, -0.15) is 0 Å². The maximum atomic E-state index is 5.77. The Balaban J connectivity index is 1.69. The Labute approximate surface area is 107 Å². The van der Waals surface area contributed by atoms with E-state index in [-0.39, 0.29) is 0 Å². The van der Waals surface area contributed by atoms with Gasteiger partial charge in [-0.3, -0.25) is 0 Å². The van der Waals surface area contributed by atoms with E-state index in [4.69, 9.17) is 9.47 Å². The third kappa shape index (κ3) is 2.32. The van der Waals surface area contributed by atoms with Crippen molar-refractivity contribution in [3.05, 3.63) is 59.9 Å². The van der Waals surface area contributed by atoms with Gasteiger partial charge in [0.25, 0.3) is 0 Å². The fourth-order valence-corrected chi connectivity index (χ4v) is 2.11. The van der Waals surface area contributed by atoms with E-state index in [2.05, 4.69) is 11.8 Å². The third-order valence-electron chi connectivity index (χ3n) is 3.01. The van der Waals surface area contributed by atoms with Gasteiger partial charge in [0, 0.05) is 18.1 Å². The van der Waals surface area contributed by atoms with Crippen LogP contribution in [0, 0.1) is 11.8 Å². The smallest absolute Gasteiger partial charge is 0.230 e. The van der Waals surface area contributed by atoms with Crippen LogP contribution in [0.2, 0.25) is 0 Å². The van der Waals surface area contributed by atoms with Gasteiger partial charge in [-0.25, -0.2) is 0 Å². The molecule has 1 saturated heterocycles. The highest BCUT2D eigenvalue weighted by atomic mass is 16.7. The van der Waals surface area contributed by atoms with Gasteiger partial charge in [-0.05, 0) is 30.7 Å². The first-order valence-corrected chi connectivity index (χ1v) is 6.15. The molecule has 0 saturated carbocycles. The molecule has 3 rings (SSSR count). The predicted molar refractivity (Wildman–Crippen MR) is 69.5 cm³/mol. The maximum Gasteiger partial charge on any atom is 0.230 e. The van der Waals surface area contributed by atoms with E-state index < -0.39 is 5.79 Å². The van der Waals surface area contributed by atoms with Gasteiger partial charge >= 0.3 is 0 Å². The molecule has 1 atom stereocenters. The minimum Gasteiger partial charge on any atom is -0.458 e. The number of rotatable bonds is 0. The standard InChI is InChI=1S/C16H14O2/c1-2-6-14(7-3-1)8-4-9-15-10-12-16(18-15)11-5-13-17-16/h1-3,6-7,9-10,12H,5,11,13H2/b15-9-. The van der Waals surface area contributed by atoms with Crippen LogP contribution in [-0.4, -0.2) is 12.4 Å². The molecule has 0 bridgehead atoms. The van der Waals surface area contributed by atoms with Crippen molar-refractivity contribution in [3.63, 3.8) is 0 Å². The van der Waals surface area contributed by atoms with E-state index in [1.165, 1.54) is 0 Å². The fraction of sp³-hybridized carbons (Fsp3) is 0.250. The predicted octanol–water partition coefficient (Wildman–Crippen LogP) is 3.02. The molecule has 2 nitrogen and oxygen atoms in total. The molecule has 2 heterocycles. The van der Waals surface area contributed by atoms with Gasteiger partial charge in [0.15, 0.2) is 0 Å². The summed E-state index contributed by atoms with van der Waals surface area (Å²) in [5, 5.41) is 0. The summed E-state index contributed by atoms with van der Waals surface area (Å²) in [7, 11) is 0. The lowest BCUT2D eigenvalue weighted by Crippen LogP contribution is -2.24. The van der Waals surface area contributed by atoms with Crippen molar-refractivity contribution < 1.29 is 9.47 Å². The molecular formula is C16H14O2. The minimum atomic E-state index is -0.500. The molecule has 0 aromatic heterocycles. The van der Waals surface area contributed by atoms with Crippen LogP contribution in [0.25, 0.3) is 0 Å². The van der Waals surface area contributed by atoms with E-state index in [1.807, 2.05) is 42.5 Å². The minimum absolute atomic E-state index is 0.500. The van der Waals surface area contributed by atoms with Crippen molar-refractivity contribution >= 4 is 0 Å². The van der Waals surface area contributed by atoms with Gasteiger partial charge in [-0.1, -0.05) is 30.0 Å². The number of allylic oxidation sites excluding steroid dienone is 2. The van der Waals surface area contributed by atoms with Crippen LogP contribution < -0.4 is 0 Å². The van der Waals surface area contributed by atoms with Crippen LogP contribution in [0.5, 0.6) is 0 Å². The highest BCUT2D eigenvalue weighted by Gasteiger charge is 2.38. The topological polar surface area (TPSA) is 18.5 Å². The van der Waals surface area contributed by atoms with Gasteiger partial charge in [-0.15, -0.1) is 0 Å². The van der Waals surface area contributed by atoms with Crippen molar-refractivity contribution in [2.75, 3.05) is 6.61 Å². The van der Waals surface area contributed by atoms with Crippen molar-refractivity contribution in [3.8, 4) is 11.8 Å². The van der Waals surface area contributed by atoms with E-state index in [0.717, 1.165) is 30.8 Å². The molecule has 2 aliphatic heterocycles. The van der Waals surface area contributed by atoms with Crippen molar-refractivity contribution in [2.24, 2.45) is 0 Å². The summed E-state index contributed by atoms with van der Waals surface area (Å²) >= 11 is 0. The molecule has 90 valence electrons. The summed E-state index contributed by atoms with van der Waals surface area (Å²) in [6, 6.07) is 9.90. The van der Waals surface area contributed by atoms with Crippen LogP contribution in [-0.2, 0) is 9.47 Å². The molecular weight excluding hydrogens is 224 g/mol. The summed E-state index contributed by atoms with van der Waals surface area (Å²) in [5.41, 5.74) is 1.00. The van der Waals surface area contributed by atoms with Crippen molar-refractivity contribution in [1.82, 2.24) is 0 Å². The monoisotopic (exact) mass is 238 g/mol. The van der Waals surface area contributed by atoms with Crippen LogP contribution in [0.3, 0.4) is 0 Å². The zero-order valence-electron chi connectivity index (χ0n) is 10.1. The van der Waals surface area contributed by atoms with Gasteiger partial charge < -0.3 is 9.47 Å². The van der Waals surface area contributed by atoms with E-state index in [9.17, 15) is 0 Å². The molecule has 2 aliphatic rings. The summed E-state index contributed by atoms with van der Waals surface area (Å²) in [4.78, 5) is 0. The molecule has 18 heavy (non-hydrogen) atoms. The Morgan fingerprint density at radius 2 is 2.11 bits per heavy atom. The Kier molecular flexibility index (Phi) is 2.92. The number of hydrogen-bond acceptors (Lipinski definition) is 2. The quantitative estimate of drug-likeness (QED) is 0.647. The van der Waals surface area contributed by atoms with E-state index in [0.29, 0.717) is 0 Å². The number of hydrogen-bond donors (Lipinski definition) is 0. The Morgan fingerprint density at radius 3 is 2.89 bits per heavy atom. The van der Waals surface area contributed by atoms with Gasteiger partial charge in [0.1, 0.15) is 5.76 Å². The Bertz CT molecular complexity index is 537. The molecule has 2 heteroatoms. The lowest BCUT2D eigenvalue weighted by molar-refractivity contribution is -0.135. The lowest BCUT2D eigenvalue weighted by Gasteiger charge is -2.20. The fourth-order valence-electron chi connectivity index (χ4n) is 2.11. The van der Waals surface area contributed by atoms with Crippen LogP contribution in [0.15, 0.2) is 54.3 Å². The molecule has 1 fully saturated rings. The van der Waals surface area contributed by atoms with E-state index in [1.54, 1.807) is 6.08 Å². The van der Waals surface area contributed by atoms with Gasteiger partial charge in [0.05, 0.1) is 6.61 Å². The zero-order valence-corrected chi connectivity index (χ0v) is 10.1. The first kappa shape index (κ1) is 11.1. The van der Waals surface area contributed by atoms with Crippen LogP contribution >= 0.6 is 0 Å². The first-order chi connectivity index (χ1) is 8.86. The summed E-state index contributed by atoms with van der Waals surface area (Å²) < 4.78 is 11.4. The second-order valence-electron chi connectivity index (χ2n) is 4.38. The second kappa shape index (κ2) is 4.72. The van der Waals surface area contributed by atoms with Gasteiger partial charge in [0.2, 0.25) is 5.79 Å². The molecule has 1 aromatic rings. The van der Waals surface area contributed by atoms with Crippen molar-refractivity contribution in [1.29, 1.82) is 0 Å². The lowest BCUT2D eigenvalue weighted by atomic mass is 10.2. The van der Waals surface area contributed by atoms with Crippen molar-refractivity contribution in [2.45, 2.75) is 18.6 Å². The maximum absolute atomic E-state index is 5.77. The molecule has 0 N–H and O–H groups in total. The Morgan fingerprint density at radius 1 is 1.22 bits per heavy atom. The number of benzene rings is 1. The summed E-state index contributed by atoms with van der Waals surface area (Å²) in [6.45, 7) is 0.771. The molecule has 1 spiro atoms. The Hall–Kier alpha value is -1.98. The SMILES string of the molecule is C(#Cc1ccccc1)/C=C1/C=CC2(CCCO2)O1. The van der Waals surface area contributed by atoms with E-state index >= 15 is 0 Å². The first-order valence-electron chi connectivity index (χ1n) is 6.15. The zero-order chi connectivity index (χ0) is 12.3. The average Bonchev–Trinajstić information content (AvgIpc) is 3.02. The third-order valence-corrected chi connectivity index (χ3v) is 3.01. The van der Waals surface area contributed by atoms with Crippen LogP contribution in [0.1, 0.15) is 18.4 Å². The second-order valence-corrected chi connectivity index (χ2v) is 4.38. The number of ether oxygens (including phenoxy) is 2.